The molecule has 4 bridgehead atoms. The summed E-state index contributed by atoms with van der Waals surface area (Å²) in [4.78, 5) is 92.8. The average molecular weight is 1270 g/mol. The van der Waals surface area contributed by atoms with Gasteiger partial charge in [-0.05, 0) is 141 Å². The number of guanidine groups is 1. The van der Waals surface area contributed by atoms with Crippen molar-refractivity contribution in [3.63, 3.8) is 0 Å². The fraction of sp³-hybridized carbons (Fsp3) is 0.485. The zero-order valence-corrected chi connectivity index (χ0v) is 51.5. The lowest BCUT2D eigenvalue weighted by atomic mass is 9.49. The number of H-pyrrole nitrogens is 2. The van der Waals surface area contributed by atoms with Gasteiger partial charge in [-0.3, -0.25) is 43.6 Å². The van der Waals surface area contributed by atoms with E-state index in [0.717, 1.165) is 93.7 Å². The molecule has 6 aromatic rings. The summed E-state index contributed by atoms with van der Waals surface area (Å²) < 4.78 is 13.5. The first-order valence-corrected chi connectivity index (χ1v) is 32.9. The number of benzene rings is 4. The Kier molecular flexibility index (Phi) is 14.1. The molecule has 25 heteroatoms. The van der Waals surface area contributed by atoms with Crippen LogP contribution in [0.2, 0.25) is 0 Å². The molecule has 2 saturated heterocycles. The zero-order chi connectivity index (χ0) is 63.9. The molecular formula is C68H77N13O12. The highest BCUT2D eigenvalue weighted by Crippen LogP contribution is 2.71. The van der Waals surface area contributed by atoms with E-state index in [1.807, 2.05) is 42.5 Å². The van der Waals surface area contributed by atoms with Crippen molar-refractivity contribution in [2.24, 2.45) is 22.6 Å². The molecule has 2 aromatic heterocycles. The van der Waals surface area contributed by atoms with Crippen molar-refractivity contribution in [2.45, 2.75) is 130 Å². The van der Waals surface area contributed by atoms with Crippen molar-refractivity contribution in [3.05, 3.63) is 105 Å². The van der Waals surface area contributed by atoms with Crippen LogP contribution < -0.4 is 52.4 Å². The largest absolute Gasteiger partial charge is 0.504 e. The third-order valence-electron chi connectivity index (χ3n) is 22.2. The van der Waals surface area contributed by atoms with E-state index in [1.54, 1.807) is 18.2 Å². The molecule has 6 amide bonds. The minimum absolute atomic E-state index is 0.0486. The number of fused-ring (bicyclic) bond motifs is 8. The number of aromatic nitrogens is 2. The van der Waals surface area contributed by atoms with Crippen LogP contribution in [-0.4, -0.2) is 170 Å². The fourth-order valence-electron chi connectivity index (χ4n) is 17.6. The maximum Gasteiger partial charge on any atom is 0.243 e. The molecule has 4 aliphatic heterocycles. The van der Waals surface area contributed by atoms with E-state index in [4.69, 9.17) is 15.2 Å². The number of likely N-dealkylation sites (tertiary alicyclic amines) is 2. The van der Waals surface area contributed by atoms with Gasteiger partial charge in [0, 0.05) is 97.0 Å². The molecule has 2 saturated carbocycles. The number of phenolic OH excluding ortho intramolecular Hbond substituents is 2. The van der Waals surface area contributed by atoms with Crippen LogP contribution in [0.15, 0.2) is 65.7 Å². The van der Waals surface area contributed by atoms with Gasteiger partial charge in [0.25, 0.3) is 0 Å². The highest BCUT2D eigenvalue weighted by atomic mass is 16.5. The van der Waals surface area contributed by atoms with Gasteiger partial charge >= 0.3 is 0 Å². The quantitative estimate of drug-likeness (QED) is 0.0280. The number of nitrogens with two attached hydrogens (primary N) is 1. The molecule has 6 aliphatic carbocycles. The number of rotatable bonds is 21. The molecule has 93 heavy (non-hydrogen) atoms. The first kappa shape index (κ1) is 59.1. The van der Waals surface area contributed by atoms with Crippen LogP contribution in [0.1, 0.15) is 115 Å². The van der Waals surface area contributed by atoms with Gasteiger partial charge in [-0.15, -0.1) is 0 Å². The van der Waals surface area contributed by atoms with Crippen LogP contribution in [0.3, 0.4) is 0 Å². The number of aliphatic hydroxyl groups is 2. The number of hydrogen-bond donors (Lipinski definition) is 14. The molecule has 10 aliphatic rings. The topological polar surface area (TPSA) is 362 Å². The highest BCUT2D eigenvalue weighted by Gasteiger charge is 2.74. The van der Waals surface area contributed by atoms with Gasteiger partial charge in [0.2, 0.25) is 35.4 Å². The Morgan fingerprint density at radius 1 is 0.613 bits per heavy atom. The molecule has 4 fully saturated rings. The third kappa shape index (κ3) is 9.56. The van der Waals surface area contributed by atoms with E-state index in [9.17, 15) is 49.2 Å². The molecule has 25 nitrogen and oxygen atoms in total. The summed E-state index contributed by atoms with van der Waals surface area (Å²) in [5, 5.41) is 69.0. The second-order valence-electron chi connectivity index (χ2n) is 27.6. The molecule has 16 rings (SSSR count). The van der Waals surface area contributed by atoms with Crippen LogP contribution in [-0.2, 0) is 65.3 Å². The number of nitrogens with one attached hydrogen (secondary N) is 9. The van der Waals surface area contributed by atoms with Crippen molar-refractivity contribution < 1.29 is 58.7 Å². The fourth-order valence-corrected chi connectivity index (χ4v) is 17.6. The number of hydrogen-bond acceptors (Lipinski definition) is 15. The van der Waals surface area contributed by atoms with Gasteiger partial charge in [0.1, 0.15) is 0 Å². The van der Waals surface area contributed by atoms with Crippen molar-refractivity contribution in [2.75, 3.05) is 76.1 Å². The summed E-state index contributed by atoms with van der Waals surface area (Å²) in [7, 11) is 0. The predicted molar refractivity (Wildman–Crippen MR) is 341 cm³/mol. The SMILES string of the molecule is NC(=NCCCNC(=O)CNC(=O)CNC(=O)CCC(=O)NCC(=O)NCC(=O)Nc1cccc2c3c([nH]c12)[C@@H]1Oc2c(O)ccc4c2C12CCN(CC1CC1)C(C4)[C@]2(O)C3)Nc1ccc2[nH]c3c(c2c1)C[C@@]1(O)C2Cc4ccc(O)c5c4C1(CCN2CC1CC1)[C@H]3O5. The van der Waals surface area contributed by atoms with Crippen LogP contribution in [0, 0.1) is 11.8 Å². The number of amides is 6. The first-order chi connectivity index (χ1) is 44.9. The normalized spacial score (nSPS) is 27.2. The van der Waals surface area contributed by atoms with Crippen molar-refractivity contribution in [3.8, 4) is 23.0 Å². The van der Waals surface area contributed by atoms with Gasteiger partial charge in [-0.2, -0.15) is 0 Å². The Morgan fingerprint density at radius 3 is 1.71 bits per heavy atom. The summed E-state index contributed by atoms with van der Waals surface area (Å²) in [6, 6.07) is 18.6. The zero-order valence-electron chi connectivity index (χ0n) is 51.5. The Balaban J connectivity index is 0.447. The van der Waals surface area contributed by atoms with Crippen molar-refractivity contribution in [1.29, 1.82) is 0 Å². The Morgan fingerprint density at radius 2 is 1.14 bits per heavy atom. The Bertz CT molecular complexity index is 4200. The molecule has 486 valence electrons. The lowest BCUT2D eigenvalue weighted by Crippen LogP contribution is -2.74. The summed E-state index contributed by atoms with van der Waals surface area (Å²) >= 11 is 0. The number of nitrogens with zero attached hydrogens (tertiary/aromatic N) is 3. The van der Waals surface area contributed by atoms with E-state index < -0.39 is 89.3 Å². The van der Waals surface area contributed by atoms with Gasteiger partial charge < -0.3 is 82.8 Å². The molecular weight excluding hydrogens is 1190 g/mol. The molecule has 2 spiro atoms. The second kappa shape index (κ2) is 22.1. The average Bonchev–Trinajstić information content (AvgIpc) is 1.49. The molecule has 8 atom stereocenters. The number of aromatic hydroxyl groups is 2. The molecule has 4 aromatic carbocycles. The minimum Gasteiger partial charge on any atom is -0.504 e. The smallest absolute Gasteiger partial charge is 0.243 e. The lowest BCUT2D eigenvalue weighted by Gasteiger charge is -2.62. The number of anilines is 2. The van der Waals surface area contributed by atoms with Crippen LogP contribution >= 0.6 is 0 Å². The monoisotopic (exact) mass is 1270 g/mol. The van der Waals surface area contributed by atoms with E-state index in [-0.39, 0.29) is 55.5 Å². The molecule has 15 N–H and O–H groups in total. The van der Waals surface area contributed by atoms with Gasteiger partial charge in [-0.25, -0.2) is 0 Å². The predicted octanol–water partition coefficient (Wildman–Crippen LogP) is 2.58. The maximum absolute atomic E-state index is 13.3. The number of phenols is 2. The number of para-hydroxylation sites is 1. The summed E-state index contributed by atoms with van der Waals surface area (Å²) in [5.74, 6) is -0.878. The van der Waals surface area contributed by atoms with E-state index in [0.29, 0.717) is 85.3 Å². The number of piperidine rings is 2. The van der Waals surface area contributed by atoms with E-state index >= 15 is 0 Å². The standard InChI is InChI=1S/C68H77N13O12/c69-64(76-38-11-12-43-40(25-38)42-27-68(91)48-24-36-9-13-45(82)60-55(36)65(68,62(92-60)58(42)78-43)17-21-81(48)33-35-7-8-35)71-20-2-19-70-51(86)28-74-52(87)29-72-49(84)15-16-50(85)73-30-53(88)75-31-54(89)77-44-4-1-3-39-41-26-67(90)47-23-37-10-14-46(83)61-56(37)66(67,18-22-80(47)32-34-5-6-34)63(93-61)59(41)79-57(39)44/h1,3-4,9-14,25,34-35,47-48,62-63,78-79,82-83,90-91H,2,5-8,15-24,26-33H2,(H,70,86)(H,72,84)(H,73,85)(H,74,87)(H,75,88)(H,77,89)(H3,69,71,76)/t47?,48?,62-,63-,65?,66?,67+,68+/m0/s1. The Labute approximate surface area is 534 Å². The molecule has 4 unspecified atom stereocenters. The number of carbonyl (C=O) groups is 6. The van der Waals surface area contributed by atoms with Crippen molar-refractivity contribution in [1.82, 2.24) is 46.4 Å². The number of aliphatic imine (C=N–C) groups is 1. The summed E-state index contributed by atoms with van der Waals surface area (Å²) in [5.41, 5.74) is 13.0. The third-order valence-corrected chi connectivity index (χ3v) is 22.2. The van der Waals surface area contributed by atoms with Crippen LogP contribution in [0.25, 0.3) is 21.8 Å². The Hall–Kier alpha value is -8.91. The molecule has 0 radical (unpaired) electrons. The van der Waals surface area contributed by atoms with Crippen molar-refractivity contribution >= 4 is 74.6 Å². The van der Waals surface area contributed by atoms with E-state index in [1.165, 1.54) is 25.7 Å². The van der Waals surface area contributed by atoms with Gasteiger partial charge in [0.05, 0.1) is 70.8 Å². The number of carbonyl (C=O) groups excluding carboxylic acids is 6. The van der Waals surface area contributed by atoms with Gasteiger partial charge in [0.15, 0.2) is 41.2 Å². The number of ether oxygens (including phenoxy) is 2. The summed E-state index contributed by atoms with van der Waals surface area (Å²) in [6.45, 7) is 2.51. The maximum atomic E-state index is 13.3. The highest BCUT2D eigenvalue weighted by molar-refractivity contribution is 6.04. The summed E-state index contributed by atoms with van der Waals surface area (Å²) in [6.07, 6.45) is 7.17. The van der Waals surface area contributed by atoms with Gasteiger partial charge in [-0.1, -0.05) is 24.3 Å². The first-order valence-electron chi connectivity index (χ1n) is 32.9. The second-order valence-corrected chi connectivity index (χ2v) is 27.6. The minimum atomic E-state index is -1.18. The number of aromatic amines is 2. The van der Waals surface area contributed by atoms with Crippen LogP contribution in [0.5, 0.6) is 23.0 Å². The lowest BCUT2D eigenvalue weighted by molar-refractivity contribution is -0.173. The van der Waals surface area contributed by atoms with Crippen LogP contribution in [0.4, 0.5) is 11.4 Å². The molecule has 6 heterocycles. The van der Waals surface area contributed by atoms with E-state index in [2.05, 4.69) is 62.0 Å².